The van der Waals surface area contributed by atoms with Gasteiger partial charge in [0.05, 0.1) is 5.92 Å². The summed E-state index contributed by atoms with van der Waals surface area (Å²) in [5.74, 6) is -0.366. The Balaban J connectivity index is 3.26. The van der Waals surface area contributed by atoms with Gasteiger partial charge >= 0.3 is 0 Å². The first-order chi connectivity index (χ1) is 7.72. The highest BCUT2D eigenvalue weighted by Crippen LogP contribution is 2.12. The second-order valence-corrected chi connectivity index (χ2v) is 4.41. The highest BCUT2D eigenvalue weighted by atomic mass is 16.1. The molecule has 0 aromatic carbocycles. The quantitative estimate of drug-likeness (QED) is 0.335. The van der Waals surface area contributed by atoms with Crippen molar-refractivity contribution in [2.45, 2.75) is 58.3 Å². The fourth-order valence-corrected chi connectivity index (χ4v) is 1.76. The molecular weight excluding hydrogens is 202 g/mol. The molecule has 1 atom stereocenters. The van der Waals surface area contributed by atoms with Crippen molar-refractivity contribution in [3.8, 4) is 0 Å². The zero-order valence-corrected chi connectivity index (χ0v) is 10.4. The van der Waals surface area contributed by atoms with E-state index in [1.165, 1.54) is 32.6 Å². The average Bonchev–Trinajstić information content (AvgIpc) is 2.26. The van der Waals surface area contributed by atoms with Crippen LogP contribution in [0.15, 0.2) is 0 Å². The van der Waals surface area contributed by atoms with Crippen molar-refractivity contribution >= 4 is 12.1 Å². The maximum atomic E-state index is 11.0. The molecule has 0 amide bonds. The molecule has 3 nitrogen and oxygen atoms in total. The Labute approximate surface area is 98.8 Å². The van der Waals surface area contributed by atoms with Crippen LogP contribution in [0.5, 0.6) is 0 Å². The van der Waals surface area contributed by atoms with Crippen molar-refractivity contribution < 1.29 is 9.59 Å². The van der Waals surface area contributed by atoms with Crippen LogP contribution < -0.4 is 5.73 Å². The maximum Gasteiger partial charge on any atom is 0.139 e. The summed E-state index contributed by atoms with van der Waals surface area (Å²) in [5.41, 5.74) is 5.40. The summed E-state index contributed by atoms with van der Waals surface area (Å²) in [7, 11) is 0. The minimum Gasteiger partial charge on any atom is -0.330 e. The Hall–Kier alpha value is -0.700. The Morgan fingerprint density at radius 2 is 1.56 bits per heavy atom. The Bertz CT molecular complexity index is 192. The van der Waals surface area contributed by atoms with Crippen LogP contribution in [-0.2, 0) is 9.59 Å². The zero-order valence-electron chi connectivity index (χ0n) is 10.4. The second kappa shape index (κ2) is 10.8. The van der Waals surface area contributed by atoms with E-state index >= 15 is 0 Å². The molecule has 3 heteroatoms. The minimum absolute atomic E-state index is 0.00190. The molecule has 1 unspecified atom stereocenters. The molecule has 0 aliphatic heterocycles. The van der Waals surface area contributed by atoms with E-state index in [0.717, 1.165) is 38.5 Å². The largest absolute Gasteiger partial charge is 0.330 e. The number of rotatable bonds is 11. The van der Waals surface area contributed by atoms with Gasteiger partial charge in [0.2, 0.25) is 0 Å². The fourth-order valence-electron chi connectivity index (χ4n) is 1.76. The summed E-state index contributed by atoms with van der Waals surface area (Å²) >= 11 is 0. The molecule has 0 aliphatic rings. The van der Waals surface area contributed by atoms with Gasteiger partial charge in [0, 0.05) is 0 Å². The maximum absolute atomic E-state index is 11.0. The predicted octanol–water partition coefficient (Wildman–Crippen LogP) is 2.47. The van der Waals surface area contributed by atoms with Crippen LogP contribution in [-0.4, -0.2) is 18.6 Å². The molecule has 0 fully saturated rings. The molecule has 0 saturated heterocycles. The molecular formula is C13H25NO2. The third-order valence-electron chi connectivity index (χ3n) is 2.91. The average molecular weight is 227 g/mol. The summed E-state index contributed by atoms with van der Waals surface area (Å²) in [6.45, 7) is 2.28. The van der Waals surface area contributed by atoms with Crippen LogP contribution in [0.1, 0.15) is 58.3 Å². The standard InChI is InChI=1S/C13H25NO2/c1-12(16)13(11-15)9-7-5-3-2-4-6-8-10-14/h11,13H,2-10,14H2,1H3. The van der Waals surface area contributed by atoms with Crippen LogP contribution >= 0.6 is 0 Å². The van der Waals surface area contributed by atoms with Gasteiger partial charge in [-0.3, -0.25) is 4.79 Å². The van der Waals surface area contributed by atoms with Gasteiger partial charge in [-0.1, -0.05) is 38.5 Å². The molecule has 0 aromatic rings. The number of hydrogen-bond acceptors (Lipinski definition) is 3. The summed E-state index contributed by atoms with van der Waals surface area (Å²) in [5, 5.41) is 0. The number of unbranched alkanes of at least 4 members (excludes halogenated alkanes) is 6. The lowest BCUT2D eigenvalue weighted by Crippen LogP contribution is -2.11. The van der Waals surface area contributed by atoms with Crippen LogP contribution in [0.3, 0.4) is 0 Å². The number of hydrogen-bond donors (Lipinski definition) is 1. The summed E-state index contributed by atoms with van der Waals surface area (Å²) in [4.78, 5) is 21.5. The number of carbonyl (C=O) groups is 2. The van der Waals surface area contributed by atoms with Crippen molar-refractivity contribution in [1.82, 2.24) is 0 Å². The molecule has 0 aliphatic carbocycles. The second-order valence-electron chi connectivity index (χ2n) is 4.41. The van der Waals surface area contributed by atoms with Gasteiger partial charge in [0.25, 0.3) is 0 Å². The van der Waals surface area contributed by atoms with Gasteiger partial charge in [0.1, 0.15) is 12.1 Å². The van der Waals surface area contributed by atoms with Crippen LogP contribution in [0.25, 0.3) is 0 Å². The number of Topliss-reactive ketones (excluding diaryl/α,β-unsaturated/α-hetero) is 1. The molecule has 2 N–H and O–H groups in total. The monoisotopic (exact) mass is 227 g/mol. The van der Waals surface area contributed by atoms with Gasteiger partial charge in [-0.25, -0.2) is 0 Å². The SMILES string of the molecule is CC(=O)C(C=O)CCCCCCCCCN. The van der Waals surface area contributed by atoms with E-state index in [-0.39, 0.29) is 11.7 Å². The number of carbonyl (C=O) groups excluding carboxylic acids is 2. The lowest BCUT2D eigenvalue weighted by Gasteiger charge is -2.05. The summed E-state index contributed by atoms with van der Waals surface area (Å²) in [6, 6.07) is 0. The van der Waals surface area contributed by atoms with E-state index in [2.05, 4.69) is 0 Å². The van der Waals surface area contributed by atoms with Crippen molar-refractivity contribution in [3.05, 3.63) is 0 Å². The topological polar surface area (TPSA) is 60.2 Å². The van der Waals surface area contributed by atoms with E-state index < -0.39 is 0 Å². The number of nitrogens with two attached hydrogens (primary N) is 1. The first-order valence-corrected chi connectivity index (χ1v) is 6.38. The Morgan fingerprint density at radius 3 is 2.00 bits per heavy atom. The Kier molecular flexibility index (Phi) is 10.3. The first-order valence-electron chi connectivity index (χ1n) is 6.38. The molecule has 0 aromatic heterocycles. The van der Waals surface area contributed by atoms with Gasteiger partial charge in [-0.15, -0.1) is 0 Å². The normalized spacial score (nSPS) is 12.4. The molecule has 0 saturated carbocycles. The summed E-state index contributed by atoms with van der Waals surface area (Å²) in [6.07, 6.45) is 9.66. The lowest BCUT2D eigenvalue weighted by atomic mass is 9.98. The fraction of sp³-hybridized carbons (Fsp3) is 0.846. The summed E-state index contributed by atoms with van der Waals surface area (Å²) < 4.78 is 0. The van der Waals surface area contributed by atoms with E-state index in [1.54, 1.807) is 0 Å². The van der Waals surface area contributed by atoms with E-state index in [9.17, 15) is 9.59 Å². The molecule has 16 heavy (non-hydrogen) atoms. The van der Waals surface area contributed by atoms with Gasteiger partial charge < -0.3 is 10.5 Å². The van der Waals surface area contributed by atoms with Gasteiger partial charge in [-0.2, -0.15) is 0 Å². The molecule has 0 radical (unpaired) electrons. The van der Waals surface area contributed by atoms with Crippen LogP contribution in [0.2, 0.25) is 0 Å². The van der Waals surface area contributed by atoms with Crippen LogP contribution in [0.4, 0.5) is 0 Å². The third-order valence-corrected chi connectivity index (χ3v) is 2.91. The highest BCUT2D eigenvalue weighted by molar-refractivity contribution is 5.91. The van der Waals surface area contributed by atoms with E-state index in [1.807, 2.05) is 0 Å². The lowest BCUT2D eigenvalue weighted by molar-refractivity contribution is -0.125. The third kappa shape index (κ3) is 8.60. The van der Waals surface area contributed by atoms with E-state index in [0.29, 0.717) is 0 Å². The number of aldehydes is 1. The first kappa shape index (κ1) is 15.3. The van der Waals surface area contributed by atoms with Crippen molar-refractivity contribution in [2.24, 2.45) is 11.7 Å². The van der Waals surface area contributed by atoms with E-state index in [4.69, 9.17) is 5.73 Å². The number of ketones is 1. The molecule has 0 heterocycles. The smallest absolute Gasteiger partial charge is 0.139 e. The Morgan fingerprint density at radius 1 is 1.06 bits per heavy atom. The van der Waals surface area contributed by atoms with Crippen molar-refractivity contribution in [2.75, 3.05) is 6.54 Å². The molecule has 0 rings (SSSR count). The zero-order chi connectivity index (χ0) is 12.2. The van der Waals surface area contributed by atoms with Crippen molar-refractivity contribution in [1.29, 1.82) is 0 Å². The predicted molar refractivity (Wildman–Crippen MR) is 66.2 cm³/mol. The molecule has 0 bridgehead atoms. The van der Waals surface area contributed by atoms with Crippen molar-refractivity contribution in [3.63, 3.8) is 0 Å². The minimum atomic E-state index is -0.364. The molecule has 94 valence electrons. The van der Waals surface area contributed by atoms with Gasteiger partial charge in [-0.05, 0) is 26.3 Å². The van der Waals surface area contributed by atoms with Gasteiger partial charge in [0.15, 0.2) is 0 Å². The molecule has 0 spiro atoms. The van der Waals surface area contributed by atoms with Crippen LogP contribution in [0, 0.1) is 5.92 Å². The highest BCUT2D eigenvalue weighted by Gasteiger charge is 2.11.